The molecule has 14 heavy (non-hydrogen) atoms. The number of esters is 1. The first kappa shape index (κ1) is 14.2. The summed E-state index contributed by atoms with van der Waals surface area (Å²) in [7, 11) is 1.10. The Morgan fingerprint density at radius 3 is 2.43 bits per heavy atom. The molecular weight excluding hydrogens is 225 g/mol. The third-order valence-corrected chi connectivity index (χ3v) is 1.49. The van der Waals surface area contributed by atoms with E-state index in [0.29, 0.717) is 0 Å². The van der Waals surface area contributed by atoms with Crippen LogP contribution in [0.1, 0.15) is 10.5 Å². The van der Waals surface area contributed by atoms with Crippen molar-refractivity contribution in [1.29, 1.82) is 0 Å². The van der Waals surface area contributed by atoms with Crippen LogP contribution >= 0.6 is 0 Å². The first-order valence-corrected chi connectivity index (χ1v) is 3.41. The Labute approximate surface area is 121 Å². The summed E-state index contributed by atoms with van der Waals surface area (Å²) < 4.78 is 40.4. The number of aromatic amines is 1. The first-order valence-electron chi connectivity index (χ1n) is 3.41. The summed E-state index contributed by atoms with van der Waals surface area (Å²) in [5.74, 6) is -0.814. The molecule has 0 saturated carbocycles. The molecule has 0 radical (unpaired) electrons. The van der Waals surface area contributed by atoms with Gasteiger partial charge in [0.15, 0.2) is 0 Å². The standard InChI is InChI=1S/C6H6BF3NO2.K/c1-13-6(12)5-2-4(3-11-5)7(8,9)10;/h2-3,11H,1H3;/q-1;+1. The number of aromatic nitrogens is 1. The average Bonchev–Trinajstić information content (AvgIpc) is 2.50. The number of rotatable bonds is 2. The van der Waals surface area contributed by atoms with Gasteiger partial charge in [-0.3, -0.25) is 0 Å². The van der Waals surface area contributed by atoms with Crippen molar-refractivity contribution in [1.82, 2.24) is 4.98 Å². The predicted octanol–water partition coefficient (Wildman–Crippen LogP) is -2.14. The van der Waals surface area contributed by atoms with Gasteiger partial charge in [-0.25, -0.2) is 4.79 Å². The average molecular weight is 231 g/mol. The topological polar surface area (TPSA) is 42.1 Å². The van der Waals surface area contributed by atoms with Crippen LogP contribution < -0.4 is 56.8 Å². The molecule has 0 amide bonds. The molecule has 0 saturated heterocycles. The Bertz CT molecular complexity index is 325. The van der Waals surface area contributed by atoms with Gasteiger partial charge in [-0.15, -0.1) is 0 Å². The van der Waals surface area contributed by atoms with Crippen LogP contribution in [-0.2, 0) is 4.74 Å². The number of H-pyrrole nitrogens is 1. The number of hydrogen-bond donors (Lipinski definition) is 1. The largest absolute Gasteiger partial charge is 1.00 e. The Balaban J connectivity index is 0.00000169. The molecule has 1 aromatic rings. The van der Waals surface area contributed by atoms with E-state index in [1.54, 1.807) is 0 Å². The molecule has 0 atom stereocenters. The maximum absolute atomic E-state index is 12.1. The van der Waals surface area contributed by atoms with E-state index >= 15 is 0 Å². The maximum atomic E-state index is 12.1. The molecule has 0 bridgehead atoms. The molecule has 0 fully saturated rings. The minimum atomic E-state index is -5.06. The van der Waals surface area contributed by atoms with Crippen molar-refractivity contribution < 1.29 is 73.9 Å². The van der Waals surface area contributed by atoms with Crippen LogP contribution in [0.4, 0.5) is 12.9 Å². The van der Waals surface area contributed by atoms with E-state index in [4.69, 9.17) is 0 Å². The molecule has 1 heterocycles. The maximum Gasteiger partial charge on any atom is 1.00 e. The summed E-state index contributed by atoms with van der Waals surface area (Å²) in [5.41, 5.74) is -1.03. The van der Waals surface area contributed by atoms with E-state index in [9.17, 15) is 17.7 Å². The predicted molar refractivity (Wildman–Crippen MR) is 40.8 cm³/mol. The number of halogens is 3. The van der Waals surface area contributed by atoms with Crippen LogP contribution in [-0.4, -0.2) is 25.0 Å². The van der Waals surface area contributed by atoms with Crippen molar-refractivity contribution in [3.05, 3.63) is 18.0 Å². The molecule has 1 rings (SSSR count). The molecule has 1 N–H and O–H groups in total. The van der Waals surface area contributed by atoms with Crippen molar-refractivity contribution in [2.45, 2.75) is 0 Å². The minimum absolute atomic E-state index is 0. The summed E-state index contributed by atoms with van der Waals surface area (Å²) in [6.45, 7) is -5.06. The normalized spacial score (nSPS) is 10.6. The van der Waals surface area contributed by atoms with Gasteiger partial charge in [-0.1, -0.05) is 11.5 Å². The third-order valence-electron chi connectivity index (χ3n) is 1.49. The fourth-order valence-electron chi connectivity index (χ4n) is 0.828. The van der Waals surface area contributed by atoms with Crippen LogP contribution in [0.25, 0.3) is 0 Å². The Kier molecular flexibility index (Phi) is 5.45. The summed E-state index contributed by atoms with van der Waals surface area (Å²) in [4.78, 5) is 12.9. The van der Waals surface area contributed by atoms with E-state index in [0.717, 1.165) is 19.4 Å². The minimum Gasteiger partial charge on any atom is -0.464 e. The molecular formula is C6H6BF3KNO2. The van der Waals surface area contributed by atoms with Crippen LogP contribution in [0, 0.1) is 0 Å². The SMILES string of the molecule is COC(=O)c1cc([B-](F)(F)F)c[nH]1.[K+]. The monoisotopic (exact) mass is 231 g/mol. The van der Waals surface area contributed by atoms with Gasteiger partial charge in [0.25, 0.3) is 0 Å². The van der Waals surface area contributed by atoms with Crippen LogP contribution in [0.2, 0.25) is 0 Å². The zero-order valence-electron chi connectivity index (χ0n) is 7.68. The van der Waals surface area contributed by atoms with Crippen molar-refractivity contribution in [2.75, 3.05) is 7.11 Å². The van der Waals surface area contributed by atoms with Gasteiger partial charge in [0, 0.05) is 0 Å². The van der Waals surface area contributed by atoms with E-state index in [1.807, 2.05) is 0 Å². The zero-order chi connectivity index (χ0) is 10.1. The van der Waals surface area contributed by atoms with Crippen molar-refractivity contribution in [3.8, 4) is 0 Å². The zero-order valence-corrected chi connectivity index (χ0v) is 10.8. The molecule has 1 aromatic heterocycles. The molecule has 0 unspecified atom stereocenters. The van der Waals surface area contributed by atoms with Crippen molar-refractivity contribution in [2.24, 2.45) is 0 Å². The van der Waals surface area contributed by atoms with E-state index in [2.05, 4.69) is 9.72 Å². The van der Waals surface area contributed by atoms with Gasteiger partial charge in [-0.05, 0) is 6.20 Å². The Hall–Kier alpha value is 0.241. The summed E-state index contributed by atoms with van der Waals surface area (Å²) in [5, 5.41) is 0. The molecule has 0 aliphatic heterocycles. The van der Waals surface area contributed by atoms with Crippen molar-refractivity contribution >= 4 is 18.4 Å². The number of methoxy groups -OCH3 is 1. The van der Waals surface area contributed by atoms with E-state index in [-0.39, 0.29) is 57.1 Å². The second-order valence-electron chi connectivity index (χ2n) is 2.41. The second kappa shape index (κ2) is 5.36. The van der Waals surface area contributed by atoms with Gasteiger partial charge in [-0.2, -0.15) is 0 Å². The summed E-state index contributed by atoms with van der Waals surface area (Å²) in [6, 6.07) is 0.728. The number of hydrogen-bond acceptors (Lipinski definition) is 2. The quantitative estimate of drug-likeness (QED) is 0.466. The van der Waals surface area contributed by atoms with Gasteiger partial charge in [0.2, 0.25) is 0 Å². The number of nitrogens with one attached hydrogen (secondary N) is 1. The van der Waals surface area contributed by atoms with Gasteiger partial charge >= 0.3 is 64.3 Å². The van der Waals surface area contributed by atoms with Crippen molar-refractivity contribution in [3.63, 3.8) is 0 Å². The summed E-state index contributed by atoms with van der Waals surface area (Å²) >= 11 is 0. The van der Waals surface area contributed by atoms with E-state index in [1.165, 1.54) is 0 Å². The number of ether oxygens (including phenoxy) is 1. The van der Waals surface area contributed by atoms with Gasteiger partial charge < -0.3 is 22.7 Å². The molecule has 72 valence electrons. The van der Waals surface area contributed by atoms with Crippen LogP contribution in [0.15, 0.2) is 12.3 Å². The second-order valence-corrected chi connectivity index (χ2v) is 2.41. The number of carbonyl (C=O) groups excluding carboxylic acids is 1. The van der Waals surface area contributed by atoms with Gasteiger partial charge in [0.05, 0.1) is 7.11 Å². The summed E-state index contributed by atoms with van der Waals surface area (Å²) in [6.07, 6.45) is 0.742. The van der Waals surface area contributed by atoms with Crippen LogP contribution in [0.3, 0.4) is 0 Å². The first-order chi connectivity index (χ1) is 5.95. The molecule has 3 nitrogen and oxygen atoms in total. The molecule has 0 aliphatic carbocycles. The van der Waals surface area contributed by atoms with Gasteiger partial charge in [0.1, 0.15) is 5.69 Å². The Morgan fingerprint density at radius 2 is 2.07 bits per heavy atom. The molecule has 0 spiro atoms. The third kappa shape index (κ3) is 3.43. The fourth-order valence-corrected chi connectivity index (χ4v) is 0.828. The van der Waals surface area contributed by atoms with Crippen LogP contribution in [0.5, 0.6) is 0 Å². The fraction of sp³-hybridized carbons (Fsp3) is 0.167. The Morgan fingerprint density at radius 1 is 1.50 bits per heavy atom. The number of carbonyl (C=O) groups is 1. The molecule has 8 heteroatoms. The smallest absolute Gasteiger partial charge is 0.464 e. The molecule has 0 aromatic carbocycles. The van der Waals surface area contributed by atoms with E-state index < -0.39 is 18.4 Å². The molecule has 0 aliphatic rings.